The number of piperazine rings is 1. The van der Waals surface area contributed by atoms with Crippen molar-refractivity contribution < 1.29 is 4.79 Å². The highest BCUT2D eigenvalue weighted by molar-refractivity contribution is 5.99. The number of Topliss-reactive ketones (excluding diaryl/α,β-unsaturated/α-hetero) is 1. The largest absolute Gasteiger partial charge is 0.316 e. The molecule has 102 valence electrons. The highest BCUT2D eigenvalue weighted by Crippen LogP contribution is 2.28. The lowest BCUT2D eigenvalue weighted by Gasteiger charge is -2.47. The van der Waals surface area contributed by atoms with Crippen molar-refractivity contribution in [1.82, 2.24) is 16.0 Å². The first-order chi connectivity index (χ1) is 9.32. The monoisotopic (exact) mass is 259 g/mol. The van der Waals surface area contributed by atoms with Crippen LogP contribution in [-0.2, 0) is 0 Å². The quantitative estimate of drug-likeness (QED) is 0.673. The van der Waals surface area contributed by atoms with E-state index in [-0.39, 0.29) is 17.2 Å². The Labute approximate surface area is 114 Å². The van der Waals surface area contributed by atoms with Crippen LogP contribution in [0.4, 0.5) is 0 Å². The van der Waals surface area contributed by atoms with Crippen LogP contribution in [0.15, 0.2) is 30.3 Å². The molecule has 0 bridgehead atoms. The first-order valence-corrected chi connectivity index (χ1v) is 7.08. The zero-order valence-electron chi connectivity index (χ0n) is 11.1. The van der Waals surface area contributed by atoms with E-state index < -0.39 is 0 Å². The molecule has 0 radical (unpaired) electrons. The highest BCUT2D eigenvalue weighted by Gasteiger charge is 2.45. The maximum atomic E-state index is 12.8. The summed E-state index contributed by atoms with van der Waals surface area (Å²) in [5, 5.41) is 10.4. The maximum absolute atomic E-state index is 12.8. The fraction of sp³-hybridized carbons (Fsp3) is 0.533. The van der Waals surface area contributed by atoms with Gasteiger partial charge >= 0.3 is 0 Å². The van der Waals surface area contributed by atoms with E-state index in [1.807, 2.05) is 30.3 Å². The maximum Gasteiger partial charge on any atom is 0.169 e. The Kier molecular flexibility index (Phi) is 3.64. The van der Waals surface area contributed by atoms with Crippen molar-refractivity contribution in [2.45, 2.75) is 12.0 Å². The normalized spacial score (nSPS) is 31.3. The Morgan fingerprint density at radius 2 is 1.95 bits per heavy atom. The molecule has 2 aliphatic heterocycles. The Hall–Kier alpha value is -1.23. The van der Waals surface area contributed by atoms with Gasteiger partial charge in [-0.2, -0.15) is 0 Å². The van der Waals surface area contributed by atoms with Crippen molar-refractivity contribution in [1.29, 1.82) is 0 Å². The van der Waals surface area contributed by atoms with E-state index in [0.29, 0.717) is 0 Å². The minimum atomic E-state index is -0.0730. The fourth-order valence-corrected chi connectivity index (χ4v) is 3.27. The van der Waals surface area contributed by atoms with Crippen molar-refractivity contribution >= 4 is 5.78 Å². The van der Waals surface area contributed by atoms with Gasteiger partial charge in [0, 0.05) is 37.3 Å². The van der Waals surface area contributed by atoms with Crippen molar-refractivity contribution in [3.8, 4) is 0 Å². The number of piperidine rings is 1. The summed E-state index contributed by atoms with van der Waals surface area (Å²) in [6, 6.07) is 9.65. The molecule has 19 heavy (non-hydrogen) atoms. The average molecular weight is 259 g/mol. The standard InChI is InChI=1S/C15H21N3O/c19-14(12-4-2-1-3-5-12)13-10-16-7-6-15(13)11-17-8-9-18-15/h1-5,13,16-18H,6-11H2. The van der Waals surface area contributed by atoms with Crippen LogP contribution in [0.2, 0.25) is 0 Å². The second-order valence-corrected chi connectivity index (χ2v) is 5.50. The van der Waals surface area contributed by atoms with Gasteiger partial charge < -0.3 is 16.0 Å². The van der Waals surface area contributed by atoms with E-state index in [1.54, 1.807) is 0 Å². The Bertz CT molecular complexity index is 432. The molecule has 0 aromatic heterocycles. The van der Waals surface area contributed by atoms with Gasteiger partial charge in [0.2, 0.25) is 0 Å². The molecular formula is C15H21N3O. The summed E-state index contributed by atoms with van der Waals surface area (Å²) < 4.78 is 0. The number of benzene rings is 1. The molecule has 3 rings (SSSR count). The van der Waals surface area contributed by atoms with Gasteiger partial charge in [-0.1, -0.05) is 30.3 Å². The van der Waals surface area contributed by atoms with Crippen LogP contribution < -0.4 is 16.0 Å². The molecule has 0 aliphatic carbocycles. The molecule has 1 aromatic carbocycles. The fourth-order valence-electron chi connectivity index (χ4n) is 3.27. The first kappa shape index (κ1) is 12.8. The molecule has 2 saturated heterocycles. The van der Waals surface area contributed by atoms with E-state index in [1.165, 1.54) is 0 Å². The molecule has 2 aliphatic rings. The highest BCUT2D eigenvalue weighted by atomic mass is 16.1. The van der Waals surface area contributed by atoms with E-state index in [2.05, 4.69) is 16.0 Å². The first-order valence-electron chi connectivity index (χ1n) is 7.08. The van der Waals surface area contributed by atoms with Gasteiger partial charge in [-0.15, -0.1) is 0 Å². The third-order valence-corrected chi connectivity index (χ3v) is 4.36. The lowest BCUT2D eigenvalue weighted by atomic mass is 9.73. The molecule has 2 fully saturated rings. The average Bonchev–Trinajstić information content (AvgIpc) is 2.49. The number of ketones is 1. The van der Waals surface area contributed by atoms with Crippen LogP contribution in [0.25, 0.3) is 0 Å². The zero-order chi connectivity index (χ0) is 13.1. The number of hydrogen-bond acceptors (Lipinski definition) is 4. The van der Waals surface area contributed by atoms with E-state index in [0.717, 1.165) is 44.7 Å². The summed E-state index contributed by atoms with van der Waals surface area (Å²) in [4.78, 5) is 12.8. The Balaban J connectivity index is 1.86. The summed E-state index contributed by atoms with van der Waals surface area (Å²) in [7, 11) is 0. The van der Waals surface area contributed by atoms with Gasteiger partial charge in [-0.05, 0) is 13.0 Å². The van der Waals surface area contributed by atoms with E-state index in [9.17, 15) is 4.79 Å². The molecule has 0 saturated carbocycles. The molecule has 4 heteroatoms. The number of rotatable bonds is 2. The molecule has 0 amide bonds. The third-order valence-electron chi connectivity index (χ3n) is 4.36. The predicted molar refractivity (Wildman–Crippen MR) is 75.4 cm³/mol. The van der Waals surface area contributed by atoms with Crippen molar-refractivity contribution in [3.63, 3.8) is 0 Å². The number of carbonyl (C=O) groups is 1. The summed E-state index contributed by atoms with van der Waals surface area (Å²) in [6.07, 6.45) is 1.00. The van der Waals surface area contributed by atoms with Crippen LogP contribution in [-0.4, -0.2) is 44.0 Å². The van der Waals surface area contributed by atoms with E-state index >= 15 is 0 Å². The van der Waals surface area contributed by atoms with Gasteiger partial charge in [0.1, 0.15) is 0 Å². The van der Waals surface area contributed by atoms with Gasteiger partial charge in [0.25, 0.3) is 0 Å². The minimum absolute atomic E-state index is 0.0106. The molecule has 2 heterocycles. The lowest BCUT2D eigenvalue weighted by molar-refractivity contribution is 0.0716. The zero-order valence-corrected chi connectivity index (χ0v) is 11.1. The number of hydrogen-bond donors (Lipinski definition) is 3. The van der Waals surface area contributed by atoms with Crippen LogP contribution in [0.3, 0.4) is 0 Å². The van der Waals surface area contributed by atoms with Gasteiger partial charge in [0.05, 0.1) is 5.92 Å². The van der Waals surface area contributed by atoms with Gasteiger partial charge in [0.15, 0.2) is 5.78 Å². The molecule has 1 spiro atoms. The summed E-state index contributed by atoms with van der Waals surface area (Å²) in [6.45, 7) is 4.56. The SMILES string of the molecule is O=C(c1ccccc1)C1CNCCC12CNCCN2. The molecule has 1 aromatic rings. The molecule has 2 atom stereocenters. The van der Waals surface area contributed by atoms with E-state index in [4.69, 9.17) is 0 Å². The van der Waals surface area contributed by atoms with Gasteiger partial charge in [-0.3, -0.25) is 4.79 Å². The molecular weight excluding hydrogens is 238 g/mol. The second kappa shape index (κ2) is 5.41. The molecule has 3 N–H and O–H groups in total. The summed E-state index contributed by atoms with van der Waals surface area (Å²) >= 11 is 0. The smallest absolute Gasteiger partial charge is 0.169 e. The number of nitrogens with one attached hydrogen (secondary N) is 3. The van der Waals surface area contributed by atoms with Crippen molar-refractivity contribution in [2.75, 3.05) is 32.7 Å². The van der Waals surface area contributed by atoms with Crippen LogP contribution in [0.5, 0.6) is 0 Å². The topological polar surface area (TPSA) is 53.2 Å². The van der Waals surface area contributed by atoms with Gasteiger partial charge in [-0.25, -0.2) is 0 Å². The Morgan fingerprint density at radius 3 is 2.68 bits per heavy atom. The van der Waals surface area contributed by atoms with Crippen LogP contribution >= 0.6 is 0 Å². The Morgan fingerprint density at radius 1 is 1.11 bits per heavy atom. The minimum Gasteiger partial charge on any atom is -0.316 e. The third kappa shape index (κ3) is 2.43. The van der Waals surface area contributed by atoms with Crippen LogP contribution in [0.1, 0.15) is 16.8 Å². The summed E-state index contributed by atoms with van der Waals surface area (Å²) in [5.74, 6) is 0.264. The van der Waals surface area contributed by atoms with Crippen molar-refractivity contribution in [3.05, 3.63) is 35.9 Å². The second-order valence-electron chi connectivity index (χ2n) is 5.50. The van der Waals surface area contributed by atoms with Crippen LogP contribution in [0, 0.1) is 5.92 Å². The molecule has 2 unspecified atom stereocenters. The lowest BCUT2D eigenvalue weighted by Crippen LogP contribution is -2.69. The number of carbonyl (C=O) groups excluding carboxylic acids is 1. The summed E-state index contributed by atoms with van der Waals surface area (Å²) in [5.41, 5.74) is 0.749. The van der Waals surface area contributed by atoms with Crippen molar-refractivity contribution in [2.24, 2.45) is 5.92 Å². The predicted octanol–water partition coefficient (Wildman–Crippen LogP) is 0.410. The molecule has 4 nitrogen and oxygen atoms in total.